The normalized spacial score (nSPS) is 18.4. The van der Waals surface area contributed by atoms with Crippen molar-refractivity contribution in [2.45, 2.75) is 65.0 Å². The molecule has 1 fully saturated rings. The van der Waals surface area contributed by atoms with Crippen LogP contribution in [0.2, 0.25) is 5.02 Å². The first-order valence-electron chi connectivity index (χ1n) is 11.2. The lowest BCUT2D eigenvalue weighted by atomic mass is 9.94. The fourth-order valence-corrected chi connectivity index (χ4v) is 4.37. The number of hydrogen-bond donors (Lipinski definition) is 1. The fraction of sp³-hybridized carbons (Fsp3) is 0.385. The summed E-state index contributed by atoms with van der Waals surface area (Å²) >= 11 is 5.96. The minimum atomic E-state index is -0.919. The van der Waals surface area contributed by atoms with Gasteiger partial charge in [0.2, 0.25) is 5.89 Å². The second-order valence-corrected chi connectivity index (χ2v) is 8.91. The third-order valence-electron chi connectivity index (χ3n) is 6.07. The van der Waals surface area contributed by atoms with Crippen molar-refractivity contribution < 1.29 is 23.8 Å². The Morgan fingerprint density at radius 3 is 2.48 bits per heavy atom. The predicted octanol–water partition coefficient (Wildman–Crippen LogP) is 6.35. The predicted molar refractivity (Wildman–Crippen MR) is 125 cm³/mol. The molecular weight excluding hydrogens is 442 g/mol. The summed E-state index contributed by atoms with van der Waals surface area (Å²) in [5.41, 5.74) is 3.44. The maximum atomic E-state index is 11.6. The molecule has 0 aliphatic heterocycles. The van der Waals surface area contributed by atoms with Crippen LogP contribution < -0.4 is 0 Å². The Bertz CT molecular complexity index is 1110. The van der Waals surface area contributed by atoms with Crippen molar-refractivity contribution in [1.82, 2.24) is 4.98 Å². The molecule has 6 nitrogen and oxygen atoms in total. The summed E-state index contributed by atoms with van der Waals surface area (Å²) in [4.78, 5) is 16.2. The van der Waals surface area contributed by atoms with Crippen LogP contribution in [0.25, 0.3) is 11.5 Å². The van der Waals surface area contributed by atoms with Crippen molar-refractivity contribution in [2.75, 3.05) is 0 Å². The van der Waals surface area contributed by atoms with Gasteiger partial charge in [-0.2, -0.15) is 0 Å². The number of carbonyl (C=O) groups is 1. The van der Waals surface area contributed by atoms with Crippen molar-refractivity contribution in [3.05, 3.63) is 75.6 Å². The number of rotatable bonds is 8. The Morgan fingerprint density at radius 2 is 1.79 bits per heavy atom. The lowest BCUT2D eigenvalue weighted by molar-refractivity contribution is -0.0564. The van der Waals surface area contributed by atoms with Crippen molar-refractivity contribution in [3.8, 4) is 11.5 Å². The van der Waals surface area contributed by atoms with Crippen LogP contribution in [0, 0.1) is 13.8 Å². The van der Waals surface area contributed by atoms with E-state index in [1.54, 1.807) is 0 Å². The summed E-state index contributed by atoms with van der Waals surface area (Å²) in [7, 11) is 0. The number of nitrogens with zero attached hydrogens (tertiary/aromatic N) is 1. The maximum Gasteiger partial charge on any atom is 0.336 e. The van der Waals surface area contributed by atoms with E-state index >= 15 is 0 Å². The molecule has 1 saturated carbocycles. The van der Waals surface area contributed by atoms with Gasteiger partial charge in [-0.05, 0) is 74.9 Å². The van der Waals surface area contributed by atoms with E-state index in [9.17, 15) is 9.90 Å². The molecule has 0 unspecified atom stereocenters. The number of ether oxygens (including phenoxy) is 2. The highest BCUT2D eigenvalue weighted by molar-refractivity contribution is 6.30. The summed E-state index contributed by atoms with van der Waals surface area (Å²) in [5, 5.41) is 10.2. The lowest BCUT2D eigenvalue weighted by Crippen LogP contribution is -2.28. The number of halogens is 1. The standard InChI is InChI=1S/C26H28ClNO5/c1-16-5-3-6-19(24(16)26(29)30)14-31-21-7-4-8-22(13-21)32-15-23-17(2)33-25(28-23)18-9-11-20(27)12-10-18/h3,5-6,9-12,21-22H,4,7-8,13-15H2,1-2H3,(H,29,30)/t21-,22+/m1/s1. The van der Waals surface area contributed by atoms with E-state index < -0.39 is 5.97 Å². The molecule has 174 valence electrons. The topological polar surface area (TPSA) is 81.8 Å². The number of oxazole rings is 1. The summed E-state index contributed by atoms with van der Waals surface area (Å²) in [6.07, 6.45) is 3.78. The van der Waals surface area contributed by atoms with Gasteiger partial charge in [0.1, 0.15) is 11.5 Å². The Labute approximate surface area is 198 Å². The van der Waals surface area contributed by atoms with Crippen LogP contribution in [0.5, 0.6) is 0 Å². The Hall–Kier alpha value is -2.67. The molecule has 2 aromatic carbocycles. The number of hydrogen-bond acceptors (Lipinski definition) is 5. The van der Waals surface area contributed by atoms with Gasteiger partial charge in [0.05, 0.1) is 31.0 Å². The molecule has 0 bridgehead atoms. The molecule has 1 aliphatic carbocycles. The first-order chi connectivity index (χ1) is 15.9. The van der Waals surface area contributed by atoms with Crippen LogP contribution in [0.15, 0.2) is 46.9 Å². The quantitative estimate of drug-likeness (QED) is 0.413. The number of aromatic carboxylic acids is 1. The second-order valence-electron chi connectivity index (χ2n) is 8.48. The molecule has 0 radical (unpaired) electrons. The number of carboxylic acids is 1. The average Bonchev–Trinajstić information content (AvgIpc) is 3.17. The van der Waals surface area contributed by atoms with Crippen molar-refractivity contribution in [2.24, 2.45) is 0 Å². The summed E-state index contributed by atoms with van der Waals surface area (Å²) in [6.45, 7) is 4.36. The van der Waals surface area contributed by atoms with Crippen LogP contribution in [-0.2, 0) is 22.7 Å². The van der Waals surface area contributed by atoms with Gasteiger partial charge < -0.3 is 19.0 Å². The Balaban J connectivity index is 1.32. The van der Waals surface area contributed by atoms with Gasteiger partial charge in [0.15, 0.2) is 0 Å². The molecule has 0 saturated heterocycles. The maximum absolute atomic E-state index is 11.6. The molecule has 1 N–H and O–H groups in total. The van der Waals surface area contributed by atoms with E-state index in [2.05, 4.69) is 4.98 Å². The molecule has 2 atom stereocenters. The third-order valence-corrected chi connectivity index (χ3v) is 6.32. The second kappa shape index (κ2) is 10.5. The van der Waals surface area contributed by atoms with Gasteiger partial charge in [-0.25, -0.2) is 9.78 Å². The molecule has 1 aliphatic rings. The van der Waals surface area contributed by atoms with Crippen molar-refractivity contribution in [1.29, 1.82) is 0 Å². The van der Waals surface area contributed by atoms with Crippen LogP contribution >= 0.6 is 11.6 Å². The minimum absolute atomic E-state index is 0.0361. The number of benzene rings is 2. The summed E-state index contributed by atoms with van der Waals surface area (Å²) in [6, 6.07) is 12.9. The van der Waals surface area contributed by atoms with Crippen LogP contribution in [0.3, 0.4) is 0 Å². The van der Waals surface area contributed by atoms with Crippen molar-refractivity contribution in [3.63, 3.8) is 0 Å². The average molecular weight is 470 g/mol. The molecule has 4 rings (SSSR count). The van der Waals surface area contributed by atoms with Crippen LogP contribution in [0.1, 0.15) is 58.6 Å². The zero-order chi connectivity index (χ0) is 23.4. The molecule has 0 amide bonds. The molecule has 1 aromatic heterocycles. The van der Waals surface area contributed by atoms with Gasteiger partial charge in [-0.1, -0.05) is 29.8 Å². The van der Waals surface area contributed by atoms with Gasteiger partial charge in [0.25, 0.3) is 0 Å². The smallest absolute Gasteiger partial charge is 0.336 e. The van der Waals surface area contributed by atoms with Crippen molar-refractivity contribution >= 4 is 17.6 Å². The largest absolute Gasteiger partial charge is 0.478 e. The molecule has 33 heavy (non-hydrogen) atoms. The van der Waals surface area contributed by atoms with E-state index in [0.717, 1.165) is 48.3 Å². The first kappa shape index (κ1) is 23.5. The summed E-state index contributed by atoms with van der Waals surface area (Å²) in [5.74, 6) is 0.377. The van der Waals surface area contributed by atoms with Gasteiger partial charge >= 0.3 is 5.97 Å². The zero-order valence-corrected chi connectivity index (χ0v) is 19.6. The first-order valence-corrected chi connectivity index (χ1v) is 11.6. The van der Waals surface area contributed by atoms with Crippen LogP contribution in [-0.4, -0.2) is 28.3 Å². The molecular formula is C26H28ClNO5. The third kappa shape index (κ3) is 5.82. The fourth-order valence-electron chi connectivity index (χ4n) is 4.24. The SMILES string of the molecule is Cc1cccc(CO[C@@H]2CCC[C@H](OCc3nc(-c4ccc(Cl)cc4)oc3C)C2)c1C(=O)O. The molecule has 3 aromatic rings. The highest BCUT2D eigenvalue weighted by atomic mass is 35.5. The van der Waals surface area contributed by atoms with Crippen LogP contribution in [0.4, 0.5) is 0 Å². The monoisotopic (exact) mass is 469 g/mol. The minimum Gasteiger partial charge on any atom is -0.478 e. The molecule has 1 heterocycles. The Morgan fingerprint density at radius 1 is 1.09 bits per heavy atom. The van der Waals surface area contributed by atoms with E-state index in [4.69, 9.17) is 25.5 Å². The van der Waals surface area contributed by atoms with Gasteiger partial charge in [-0.3, -0.25) is 0 Å². The molecule has 0 spiro atoms. The number of aromatic nitrogens is 1. The number of carboxylic acid groups (broad SMARTS) is 1. The lowest BCUT2D eigenvalue weighted by Gasteiger charge is -2.29. The van der Waals surface area contributed by atoms with E-state index in [1.807, 2.05) is 56.3 Å². The van der Waals surface area contributed by atoms with E-state index in [-0.39, 0.29) is 18.8 Å². The van der Waals surface area contributed by atoms with E-state index in [1.165, 1.54) is 0 Å². The number of aryl methyl sites for hydroxylation is 2. The van der Waals surface area contributed by atoms with Gasteiger partial charge in [0, 0.05) is 10.6 Å². The van der Waals surface area contributed by atoms with E-state index in [0.29, 0.717) is 28.6 Å². The molecule has 7 heteroatoms. The Kier molecular flexibility index (Phi) is 7.48. The highest BCUT2D eigenvalue weighted by Gasteiger charge is 2.25. The highest BCUT2D eigenvalue weighted by Crippen LogP contribution is 2.28. The summed E-state index contributed by atoms with van der Waals surface area (Å²) < 4.78 is 18.1. The zero-order valence-electron chi connectivity index (χ0n) is 18.8. The van der Waals surface area contributed by atoms with Gasteiger partial charge in [-0.15, -0.1) is 0 Å².